The van der Waals surface area contributed by atoms with Crippen LogP contribution in [0.15, 0.2) is 24.3 Å². The molecule has 5 nitrogen and oxygen atoms in total. The van der Waals surface area contributed by atoms with Gasteiger partial charge in [-0.3, -0.25) is 10.1 Å². The van der Waals surface area contributed by atoms with Crippen LogP contribution in [0.2, 0.25) is 0 Å². The summed E-state index contributed by atoms with van der Waals surface area (Å²) >= 11 is 0. The molecule has 0 spiro atoms. The molecule has 0 aliphatic rings. The van der Waals surface area contributed by atoms with Crippen LogP contribution in [0.3, 0.4) is 0 Å². The molecule has 1 aromatic carbocycles. The van der Waals surface area contributed by atoms with Crippen molar-refractivity contribution in [3.63, 3.8) is 0 Å². The second-order valence-electron chi connectivity index (χ2n) is 4.64. The van der Waals surface area contributed by atoms with Gasteiger partial charge in [0.15, 0.2) is 11.6 Å². The van der Waals surface area contributed by atoms with Crippen LogP contribution in [0.5, 0.6) is 5.75 Å². The molecule has 3 N–H and O–H groups in total. The number of nitrogens with two attached hydrogens (primary N) is 1. The van der Waals surface area contributed by atoms with Gasteiger partial charge in [-0.15, -0.1) is 0 Å². The summed E-state index contributed by atoms with van der Waals surface area (Å²) in [5.41, 5.74) is 7.55. The molecule has 6 heteroatoms. The van der Waals surface area contributed by atoms with Crippen LogP contribution in [-0.4, -0.2) is 15.6 Å². The maximum absolute atomic E-state index is 13.9. The fraction of sp³-hybridized carbons (Fsp3) is 0.333. The van der Waals surface area contributed by atoms with Crippen molar-refractivity contribution in [3.05, 3.63) is 47.0 Å². The molecule has 0 aliphatic carbocycles. The molecule has 0 amide bonds. The van der Waals surface area contributed by atoms with E-state index < -0.39 is 5.82 Å². The third-order valence-electron chi connectivity index (χ3n) is 3.19. The number of nitrogens with one attached hydrogen (secondary N) is 1. The van der Waals surface area contributed by atoms with Gasteiger partial charge < -0.3 is 10.5 Å². The van der Waals surface area contributed by atoms with E-state index in [0.717, 1.165) is 24.4 Å². The molecule has 2 rings (SSSR count). The van der Waals surface area contributed by atoms with Gasteiger partial charge in [-0.25, -0.2) is 4.39 Å². The molecule has 0 aliphatic heterocycles. The minimum absolute atomic E-state index is 0.141. The van der Waals surface area contributed by atoms with Crippen molar-refractivity contribution in [2.45, 2.75) is 33.4 Å². The van der Waals surface area contributed by atoms with Gasteiger partial charge in [0, 0.05) is 12.1 Å². The topological polar surface area (TPSA) is 76.9 Å². The van der Waals surface area contributed by atoms with Crippen molar-refractivity contribution in [2.75, 3.05) is 0 Å². The highest BCUT2D eigenvalue weighted by atomic mass is 19.1. The fourth-order valence-corrected chi connectivity index (χ4v) is 2.01. The van der Waals surface area contributed by atoms with Crippen molar-refractivity contribution < 1.29 is 9.13 Å². The number of halogens is 1. The average Bonchev–Trinajstić information content (AvgIpc) is 2.88. The Labute approximate surface area is 123 Å². The Morgan fingerprint density at radius 2 is 2.14 bits per heavy atom. The fourth-order valence-electron chi connectivity index (χ4n) is 2.01. The van der Waals surface area contributed by atoms with E-state index in [1.807, 2.05) is 24.6 Å². The molecule has 0 fully saturated rings. The third kappa shape index (κ3) is 3.39. The number of benzene rings is 1. The number of nitrogens with zero attached hydrogens (tertiary/aromatic N) is 2. The number of aryl methyl sites for hydroxylation is 2. The van der Waals surface area contributed by atoms with Gasteiger partial charge in [-0.2, -0.15) is 5.10 Å². The lowest BCUT2D eigenvalue weighted by Gasteiger charge is -2.09. The Morgan fingerprint density at radius 1 is 1.38 bits per heavy atom. The van der Waals surface area contributed by atoms with Gasteiger partial charge in [0.05, 0.1) is 11.4 Å². The van der Waals surface area contributed by atoms with Crippen molar-refractivity contribution >= 4 is 5.84 Å². The van der Waals surface area contributed by atoms with Gasteiger partial charge in [0.25, 0.3) is 0 Å². The highest BCUT2D eigenvalue weighted by Gasteiger charge is 2.10. The first kappa shape index (κ1) is 15.0. The Kier molecular flexibility index (Phi) is 4.57. The Bertz CT molecular complexity index is 651. The molecular weight excluding hydrogens is 271 g/mol. The smallest absolute Gasteiger partial charge is 0.165 e. The van der Waals surface area contributed by atoms with Crippen LogP contribution in [-0.2, 0) is 19.6 Å². The molecule has 0 atom stereocenters. The first-order chi connectivity index (χ1) is 10.0. The Balaban J connectivity index is 2.13. The van der Waals surface area contributed by atoms with E-state index in [4.69, 9.17) is 15.9 Å². The van der Waals surface area contributed by atoms with E-state index in [0.29, 0.717) is 5.56 Å². The summed E-state index contributed by atoms with van der Waals surface area (Å²) in [6, 6.07) is 6.21. The third-order valence-corrected chi connectivity index (χ3v) is 3.19. The summed E-state index contributed by atoms with van der Waals surface area (Å²) in [5, 5.41) is 11.7. The van der Waals surface area contributed by atoms with Gasteiger partial charge in [0.1, 0.15) is 12.4 Å². The van der Waals surface area contributed by atoms with E-state index in [1.54, 1.807) is 6.07 Å². The summed E-state index contributed by atoms with van der Waals surface area (Å²) in [4.78, 5) is 0. The lowest BCUT2D eigenvalue weighted by molar-refractivity contribution is 0.278. The standard InChI is InChI=1S/C15H19FN4O/c1-3-11-8-12(20(4-2)19-11)9-21-14-6-5-10(15(17)18)7-13(14)16/h5-8H,3-4,9H2,1-2H3,(H3,17,18). The monoisotopic (exact) mass is 290 g/mol. The molecule has 0 radical (unpaired) electrons. The highest BCUT2D eigenvalue weighted by Crippen LogP contribution is 2.20. The molecule has 1 aromatic heterocycles. The van der Waals surface area contributed by atoms with E-state index in [-0.39, 0.29) is 18.2 Å². The number of aromatic nitrogens is 2. The van der Waals surface area contributed by atoms with E-state index >= 15 is 0 Å². The Hall–Kier alpha value is -2.37. The van der Waals surface area contributed by atoms with Crippen LogP contribution in [0.25, 0.3) is 0 Å². The van der Waals surface area contributed by atoms with E-state index in [2.05, 4.69) is 5.10 Å². The second kappa shape index (κ2) is 6.39. The first-order valence-electron chi connectivity index (χ1n) is 6.87. The van der Waals surface area contributed by atoms with Crippen molar-refractivity contribution in [2.24, 2.45) is 5.73 Å². The summed E-state index contributed by atoms with van der Waals surface area (Å²) < 4.78 is 21.2. The number of hydrogen-bond acceptors (Lipinski definition) is 3. The Morgan fingerprint density at radius 3 is 2.71 bits per heavy atom. The van der Waals surface area contributed by atoms with E-state index in [9.17, 15) is 4.39 Å². The van der Waals surface area contributed by atoms with Gasteiger partial charge >= 0.3 is 0 Å². The van der Waals surface area contributed by atoms with Crippen molar-refractivity contribution in [1.29, 1.82) is 5.41 Å². The van der Waals surface area contributed by atoms with Crippen LogP contribution in [0, 0.1) is 11.2 Å². The molecule has 0 saturated carbocycles. The molecule has 21 heavy (non-hydrogen) atoms. The predicted molar refractivity (Wildman–Crippen MR) is 79.0 cm³/mol. The second-order valence-corrected chi connectivity index (χ2v) is 4.64. The van der Waals surface area contributed by atoms with Crippen LogP contribution >= 0.6 is 0 Å². The number of nitrogen functional groups attached to an aromatic ring is 1. The highest BCUT2D eigenvalue weighted by molar-refractivity contribution is 5.95. The largest absolute Gasteiger partial charge is 0.484 e. The SMILES string of the molecule is CCc1cc(COc2ccc(C(=N)N)cc2F)n(CC)n1. The zero-order valence-corrected chi connectivity index (χ0v) is 12.2. The maximum atomic E-state index is 13.9. The minimum atomic E-state index is -0.527. The van der Waals surface area contributed by atoms with Crippen molar-refractivity contribution in [3.8, 4) is 5.75 Å². The average molecular weight is 290 g/mol. The molecule has 0 unspecified atom stereocenters. The van der Waals surface area contributed by atoms with Gasteiger partial charge in [0.2, 0.25) is 0 Å². The first-order valence-corrected chi connectivity index (χ1v) is 6.87. The normalized spacial score (nSPS) is 10.6. The molecular formula is C15H19FN4O. The van der Waals surface area contributed by atoms with Gasteiger partial charge in [-0.05, 0) is 37.6 Å². The number of ether oxygens (including phenoxy) is 1. The zero-order valence-electron chi connectivity index (χ0n) is 12.2. The summed E-state index contributed by atoms with van der Waals surface area (Å²) in [5.74, 6) is -0.556. The summed E-state index contributed by atoms with van der Waals surface area (Å²) in [7, 11) is 0. The van der Waals surface area contributed by atoms with Crippen molar-refractivity contribution in [1.82, 2.24) is 9.78 Å². The lowest BCUT2D eigenvalue weighted by Crippen LogP contribution is -2.11. The minimum Gasteiger partial charge on any atom is -0.484 e. The van der Waals surface area contributed by atoms with E-state index in [1.165, 1.54) is 12.1 Å². The molecule has 0 saturated heterocycles. The molecule has 112 valence electrons. The summed E-state index contributed by atoms with van der Waals surface area (Å²) in [6.07, 6.45) is 0.849. The molecule has 1 heterocycles. The maximum Gasteiger partial charge on any atom is 0.165 e. The molecule has 0 bridgehead atoms. The number of rotatable bonds is 6. The van der Waals surface area contributed by atoms with Crippen LogP contribution in [0.1, 0.15) is 30.8 Å². The summed E-state index contributed by atoms with van der Waals surface area (Å²) in [6.45, 7) is 5.02. The van der Waals surface area contributed by atoms with Gasteiger partial charge in [-0.1, -0.05) is 6.92 Å². The quantitative estimate of drug-likeness (QED) is 0.633. The van der Waals surface area contributed by atoms with Crippen LogP contribution < -0.4 is 10.5 Å². The molecule has 2 aromatic rings. The number of amidine groups is 1. The van der Waals surface area contributed by atoms with Crippen LogP contribution in [0.4, 0.5) is 4.39 Å². The predicted octanol–water partition coefficient (Wildman–Crippen LogP) is 2.47. The number of hydrogen-bond donors (Lipinski definition) is 2. The lowest BCUT2D eigenvalue weighted by atomic mass is 10.2. The zero-order chi connectivity index (χ0) is 15.4.